The Labute approximate surface area is 135 Å². The van der Waals surface area contributed by atoms with Gasteiger partial charge in [0.2, 0.25) is 0 Å². The molecule has 0 unspecified atom stereocenters. The van der Waals surface area contributed by atoms with Crippen molar-refractivity contribution in [1.82, 2.24) is 9.78 Å². The normalized spacial score (nSPS) is 10.7. The van der Waals surface area contributed by atoms with Gasteiger partial charge in [-0.3, -0.25) is 19.6 Å². The fourth-order valence-corrected chi connectivity index (χ4v) is 2.02. The lowest BCUT2D eigenvalue weighted by Gasteiger charge is -2.09. The van der Waals surface area contributed by atoms with E-state index < -0.39 is 23.9 Å². The second-order valence-electron chi connectivity index (χ2n) is 4.93. The zero-order chi connectivity index (χ0) is 17.9. The summed E-state index contributed by atoms with van der Waals surface area (Å²) in [4.78, 5) is 22.4. The Hall–Kier alpha value is -3.04. The standard InChI is InChI=1S/C14H14F2N4O4/c1-8-12(6-19(2)18-8)14(21)17-9-3-10(20(22)23)5-11(4-9)24-7-13(15)16/h3-6,13H,7H2,1-2H3,(H,17,21). The molecule has 0 saturated heterocycles. The summed E-state index contributed by atoms with van der Waals surface area (Å²) in [6.45, 7) is 0.732. The molecule has 10 heteroatoms. The Bertz CT molecular complexity index is 776. The van der Waals surface area contributed by atoms with Crippen LogP contribution < -0.4 is 10.1 Å². The van der Waals surface area contributed by atoms with Crippen LogP contribution in [0.5, 0.6) is 5.75 Å². The summed E-state index contributed by atoms with van der Waals surface area (Å²) in [5.41, 5.74) is 0.440. The molecular weight excluding hydrogens is 326 g/mol. The smallest absolute Gasteiger partial charge is 0.275 e. The molecule has 1 heterocycles. The monoisotopic (exact) mass is 340 g/mol. The summed E-state index contributed by atoms with van der Waals surface area (Å²) in [6.07, 6.45) is -1.23. The summed E-state index contributed by atoms with van der Waals surface area (Å²) in [7, 11) is 1.65. The molecule has 2 rings (SSSR count). The van der Waals surface area contributed by atoms with Crippen LogP contribution in [0.4, 0.5) is 20.2 Å². The first-order valence-electron chi connectivity index (χ1n) is 6.78. The average Bonchev–Trinajstić information content (AvgIpc) is 2.83. The molecule has 0 aliphatic heterocycles. The van der Waals surface area contributed by atoms with Crippen molar-refractivity contribution in [2.45, 2.75) is 13.3 Å². The molecule has 0 fully saturated rings. The first-order valence-corrected chi connectivity index (χ1v) is 6.78. The van der Waals surface area contributed by atoms with Crippen molar-refractivity contribution in [3.8, 4) is 5.75 Å². The number of ether oxygens (including phenoxy) is 1. The number of anilines is 1. The SMILES string of the molecule is Cc1nn(C)cc1C(=O)Nc1cc(OCC(F)F)cc([N+](=O)[O-])c1. The molecule has 0 aliphatic rings. The van der Waals surface area contributed by atoms with E-state index in [4.69, 9.17) is 4.74 Å². The van der Waals surface area contributed by atoms with Gasteiger partial charge in [-0.25, -0.2) is 8.78 Å². The second-order valence-corrected chi connectivity index (χ2v) is 4.93. The number of aryl methyl sites for hydroxylation is 2. The van der Waals surface area contributed by atoms with E-state index in [1.165, 1.54) is 16.9 Å². The highest BCUT2D eigenvalue weighted by atomic mass is 19.3. The highest BCUT2D eigenvalue weighted by Gasteiger charge is 2.16. The maximum absolute atomic E-state index is 12.2. The molecular formula is C14H14F2N4O4. The Kier molecular flexibility index (Phi) is 5.07. The first kappa shape index (κ1) is 17.3. The number of benzene rings is 1. The van der Waals surface area contributed by atoms with Gasteiger partial charge in [-0.15, -0.1) is 0 Å². The fraction of sp³-hybridized carbons (Fsp3) is 0.286. The number of non-ortho nitro benzene ring substituents is 1. The largest absolute Gasteiger partial charge is 0.487 e. The van der Waals surface area contributed by atoms with Crippen LogP contribution in [-0.4, -0.2) is 33.6 Å². The van der Waals surface area contributed by atoms with Crippen molar-refractivity contribution >= 4 is 17.3 Å². The molecule has 24 heavy (non-hydrogen) atoms. The summed E-state index contributed by atoms with van der Waals surface area (Å²) in [5, 5.41) is 17.4. The molecule has 1 aromatic heterocycles. The lowest BCUT2D eigenvalue weighted by molar-refractivity contribution is -0.384. The van der Waals surface area contributed by atoms with E-state index in [2.05, 4.69) is 10.4 Å². The topological polar surface area (TPSA) is 99.3 Å². The zero-order valence-corrected chi connectivity index (χ0v) is 12.8. The van der Waals surface area contributed by atoms with Gasteiger partial charge in [-0.2, -0.15) is 5.10 Å². The summed E-state index contributed by atoms with van der Waals surface area (Å²) >= 11 is 0. The molecule has 1 aromatic carbocycles. The van der Waals surface area contributed by atoms with Crippen molar-refractivity contribution in [3.05, 3.63) is 45.8 Å². The quantitative estimate of drug-likeness (QED) is 0.643. The Morgan fingerprint density at radius 1 is 1.46 bits per heavy atom. The molecule has 0 saturated carbocycles. The molecule has 0 bridgehead atoms. The summed E-state index contributed by atoms with van der Waals surface area (Å²) in [5.74, 6) is -0.663. The number of hydrogen-bond acceptors (Lipinski definition) is 5. The molecule has 1 N–H and O–H groups in total. The number of aromatic nitrogens is 2. The zero-order valence-electron chi connectivity index (χ0n) is 12.8. The number of alkyl halides is 2. The number of nitrogens with zero attached hydrogens (tertiary/aromatic N) is 3. The number of amides is 1. The predicted molar refractivity (Wildman–Crippen MR) is 80.5 cm³/mol. The van der Waals surface area contributed by atoms with Gasteiger partial charge in [0.25, 0.3) is 18.0 Å². The van der Waals surface area contributed by atoms with Crippen LogP contribution in [-0.2, 0) is 7.05 Å². The van der Waals surface area contributed by atoms with Gasteiger partial charge in [-0.05, 0) is 6.92 Å². The van der Waals surface area contributed by atoms with Crippen LogP contribution in [0.25, 0.3) is 0 Å². The van der Waals surface area contributed by atoms with E-state index in [9.17, 15) is 23.7 Å². The van der Waals surface area contributed by atoms with Gasteiger partial charge in [0.05, 0.1) is 27.9 Å². The summed E-state index contributed by atoms with van der Waals surface area (Å²) < 4.78 is 30.7. The molecule has 0 radical (unpaired) electrons. The predicted octanol–water partition coefficient (Wildman–Crippen LogP) is 2.53. The minimum atomic E-state index is -2.72. The van der Waals surface area contributed by atoms with Crippen molar-refractivity contribution in [2.75, 3.05) is 11.9 Å². The number of halogens is 2. The lowest BCUT2D eigenvalue weighted by Crippen LogP contribution is -2.13. The first-order chi connectivity index (χ1) is 11.3. The highest BCUT2D eigenvalue weighted by Crippen LogP contribution is 2.27. The number of nitrogens with one attached hydrogen (secondary N) is 1. The number of nitro groups is 1. The van der Waals surface area contributed by atoms with Crippen molar-refractivity contribution in [1.29, 1.82) is 0 Å². The van der Waals surface area contributed by atoms with Crippen molar-refractivity contribution < 1.29 is 23.2 Å². The van der Waals surface area contributed by atoms with E-state index in [1.807, 2.05) is 0 Å². The molecule has 2 aromatic rings. The third kappa shape index (κ3) is 4.24. The minimum Gasteiger partial charge on any atom is -0.487 e. The van der Waals surface area contributed by atoms with Crippen molar-refractivity contribution in [2.24, 2.45) is 7.05 Å². The maximum Gasteiger partial charge on any atom is 0.275 e. The number of rotatable bonds is 6. The van der Waals surface area contributed by atoms with E-state index in [-0.39, 0.29) is 17.1 Å². The van der Waals surface area contributed by atoms with Gasteiger partial charge in [0.1, 0.15) is 12.4 Å². The molecule has 0 atom stereocenters. The molecule has 1 amide bonds. The summed E-state index contributed by atoms with van der Waals surface area (Å²) in [6, 6.07) is 3.35. The fourth-order valence-electron chi connectivity index (χ4n) is 2.02. The van der Waals surface area contributed by atoms with E-state index in [0.717, 1.165) is 12.1 Å². The number of hydrogen-bond donors (Lipinski definition) is 1. The van der Waals surface area contributed by atoms with Crippen LogP contribution >= 0.6 is 0 Å². The van der Waals surface area contributed by atoms with Crippen LogP contribution in [0, 0.1) is 17.0 Å². The Balaban J connectivity index is 2.26. The number of nitro benzene ring substituents is 1. The van der Waals surface area contributed by atoms with Crippen LogP contribution in [0.1, 0.15) is 16.1 Å². The van der Waals surface area contributed by atoms with E-state index in [1.54, 1.807) is 14.0 Å². The Morgan fingerprint density at radius 3 is 2.71 bits per heavy atom. The molecule has 0 aliphatic carbocycles. The minimum absolute atomic E-state index is 0.0571. The van der Waals surface area contributed by atoms with Gasteiger partial charge >= 0.3 is 0 Å². The van der Waals surface area contributed by atoms with Crippen LogP contribution in [0.15, 0.2) is 24.4 Å². The highest BCUT2D eigenvalue weighted by molar-refractivity contribution is 6.05. The van der Waals surface area contributed by atoms with Gasteiger partial charge in [0.15, 0.2) is 0 Å². The average molecular weight is 340 g/mol. The molecule has 128 valence electrons. The lowest BCUT2D eigenvalue weighted by atomic mass is 10.2. The molecule has 0 spiro atoms. The van der Waals surface area contributed by atoms with Gasteiger partial charge in [0, 0.05) is 25.4 Å². The van der Waals surface area contributed by atoms with Gasteiger partial charge in [-0.1, -0.05) is 0 Å². The van der Waals surface area contributed by atoms with E-state index >= 15 is 0 Å². The Morgan fingerprint density at radius 2 is 2.17 bits per heavy atom. The maximum atomic E-state index is 12.2. The third-order valence-corrected chi connectivity index (χ3v) is 2.99. The van der Waals surface area contributed by atoms with E-state index in [0.29, 0.717) is 11.3 Å². The number of carbonyl (C=O) groups is 1. The number of carbonyl (C=O) groups excluding carboxylic acids is 1. The third-order valence-electron chi connectivity index (χ3n) is 2.99. The van der Waals surface area contributed by atoms with Crippen molar-refractivity contribution in [3.63, 3.8) is 0 Å². The van der Waals surface area contributed by atoms with Crippen LogP contribution in [0.2, 0.25) is 0 Å². The van der Waals surface area contributed by atoms with Crippen LogP contribution in [0.3, 0.4) is 0 Å². The molecule has 8 nitrogen and oxygen atoms in total. The van der Waals surface area contributed by atoms with Gasteiger partial charge < -0.3 is 10.1 Å². The second kappa shape index (κ2) is 7.02.